The zero-order valence-corrected chi connectivity index (χ0v) is 15.9. The normalized spacial score (nSPS) is 13.0. The first kappa shape index (κ1) is 19.7. The number of aryl methyl sites for hydroxylation is 1. The van der Waals surface area contributed by atoms with Crippen LogP contribution in [0.15, 0.2) is 47.4 Å². The van der Waals surface area contributed by atoms with E-state index in [1.54, 1.807) is 18.2 Å². The minimum atomic E-state index is -3.98. The van der Waals surface area contributed by atoms with Crippen LogP contribution in [-0.4, -0.2) is 36.9 Å². The fraction of sp³-hybridized carbons (Fsp3) is 0.235. The molecule has 0 saturated carbocycles. The molecule has 0 unspecified atom stereocenters. The maximum absolute atomic E-state index is 12.7. The van der Waals surface area contributed by atoms with Gasteiger partial charge in [-0.25, -0.2) is 8.42 Å². The highest BCUT2D eigenvalue weighted by Crippen LogP contribution is 2.23. The molecule has 134 valence electrons. The molecular weight excluding hydrogens is 385 g/mol. The largest absolute Gasteiger partial charge is 0.480 e. The number of nitrogens with zero attached hydrogens (tertiary/aromatic N) is 1. The minimum absolute atomic E-state index is 0.00501. The van der Waals surface area contributed by atoms with Crippen molar-refractivity contribution in [1.82, 2.24) is 4.31 Å². The van der Waals surface area contributed by atoms with Crippen LogP contribution in [0.3, 0.4) is 0 Å². The first-order valence-electron chi connectivity index (χ1n) is 7.34. The lowest BCUT2D eigenvalue weighted by Crippen LogP contribution is -2.43. The Morgan fingerprint density at radius 2 is 1.68 bits per heavy atom. The maximum Gasteiger partial charge on any atom is 0.322 e. The summed E-state index contributed by atoms with van der Waals surface area (Å²) in [5, 5.41) is 10.4. The van der Waals surface area contributed by atoms with Crippen molar-refractivity contribution in [3.05, 3.63) is 63.6 Å². The van der Waals surface area contributed by atoms with Gasteiger partial charge < -0.3 is 5.11 Å². The van der Waals surface area contributed by atoms with Gasteiger partial charge >= 0.3 is 5.97 Å². The molecule has 5 nitrogen and oxygen atoms in total. The summed E-state index contributed by atoms with van der Waals surface area (Å²) < 4.78 is 26.3. The van der Waals surface area contributed by atoms with Crippen molar-refractivity contribution in [3.63, 3.8) is 0 Å². The summed E-state index contributed by atoms with van der Waals surface area (Å²) in [6.45, 7) is 1.82. The van der Waals surface area contributed by atoms with Gasteiger partial charge in [-0.2, -0.15) is 4.31 Å². The molecule has 0 radical (unpaired) electrons. The Kier molecular flexibility index (Phi) is 6.11. The van der Waals surface area contributed by atoms with Gasteiger partial charge in [-0.15, -0.1) is 0 Å². The fourth-order valence-corrected chi connectivity index (χ4v) is 4.01. The third kappa shape index (κ3) is 4.52. The Morgan fingerprint density at radius 3 is 2.24 bits per heavy atom. The van der Waals surface area contributed by atoms with Gasteiger partial charge in [-0.05, 0) is 54.4 Å². The van der Waals surface area contributed by atoms with E-state index in [2.05, 4.69) is 0 Å². The van der Waals surface area contributed by atoms with Gasteiger partial charge in [0.25, 0.3) is 0 Å². The summed E-state index contributed by atoms with van der Waals surface area (Å²) in [7, 11) is -2.73. The van der Waals surface area contributed by atoms with Crippen LogP contribution in [0, 0.1) is 6.92 Å². The lowest BCUT2D eigenvalue weighted by molar-refractivity contribution is -0.141. The molecule has 0 aliphatic heterocycles. The van der Waals surface area contributed by atoms with Crippen molar-refractivity contribution in [2.24, 2.45) is 0 Å². The highest BCUT2D eigenvalue weighted by molar-refractivity contribution is 7.89. The second kappa shape index (κ2) is 7.74. The van der Waals surface area contributed by atoms with Gasteiger partial charge in [0, 0.05) is 23.5 Å². The molecule has 25 heavy (non-hydrogen) atoms. The van der Waals surface area contributed by atoms with Gasteiger partial charge in [0.2, 0.25) is 10.0 Å². The summed E-state index contributed by atoms with van der Waals surface area (Å²) in [6, 6.07) is 9.43. The van der Waals surface area contributed by atoms with E-state index in [-0.39, 0.29) is 11.3 Å². The lowest BCUT2D eigenvalue weighted by Gasteiger charge is -2.25. The SMILES string of the molecule is Cc1ccc(Cl)cc1C[C@H](C(=O)O)N(C)S(=O)(=O)c1ccc(Cl)cc1. The first-order chi connectivity index (χ1) is 11.6. The van der Waals surface area contributed by atoms with Gasteiger partial charge in [-0.3, -0.25) is 4.79 Å². The molecule has 0 bridgehead atoms. The van der Waals surface area contributed by atoms with Crippen LogP contribution in [-0.2, 0) is 21.2 Å². The number of benzene rings is 2. The molecular formula is C17H17Cl2NO4S. The van der Waals surface area contributed by atoms with E-state index in [9.17, 15) is 18.3 Å². The molecule has 0 aliphatic carbocycles. The molecule has 0 aliphatic rings. The average molecular weight is 402 g/mol. The van der Waals surface area contributed by atoms with Crippen molar-refractivity contribution in [3.8, 4) is 0 Å². The van der Waals surface area contributed by atoms with E-state index < -0.39 is 22.0 Å². The first-order valence-corrected chi connectivity index (χ1v) is 9.54. The van der Waals surface area contributed by atoms with Crippen LogP contribution in [0.25, 0.3) is 0 Å². The van der Waals surface area contributed by atoms with Gasteiger partial charge in [-0.1, -0.05) is 29.3 Å². The predicted molar refractivity (Wildman–Crippen MR) is 97.7 cm³/mol. The molecule has 0 spiro atoms. The van der Waals surface area contributed by atoms with Crippen molar-refractivity contribution >= 4 is 39.2 Å². The quantitative estimate of drug-likeness (QED) is 0.801. The van der Waals surface area contributed by atoms with Crippen LogP contribution in [0.1, 0.15) is 11.1 Å². The van der Waals surface area contributed by atoms with Crippen LogP contribution in [0.5, 0.6) is 0 Å². The third-order valence-electron chi connectivity index (χ3n) is 3.94. The number of carbonyl (C=O) groups is 1. The average Bonchev–Trinajstić information content (AvgIpc) is 2.55. The van der Waals surface area contributed by atoms with E-state index in [1.165, 1.54) is 31.3 Å². The Morgan fingerprint density at radius 1 is 1.12 bits per heavy atom. The Bertz CT molecular complexity index is 882. The maximum atomic E-state index is 12.7. The summed E-state index contributed by atoms with van der Waals surface area (Å²) in [4.78, 5) is 11.7. The fourth-order valence-electron chi connectivity index (χ4n) is 2.38. The van der Waals surface area contributed by atoms with Gasteiger partial charge in [0.1, 0.15) is 6.04 Å². The number of carboxylic acids is 1. The van der Waals surface area contributed by atoms with Crippen molar-refractivity contribution in [1.29, 1.82) is 0 Å². The standard InChI is InChI=1S/C17H17Cl2NO4S/c1-11-3-4-14(19)9-12(11)10-16(17(21)22)20(2)25(23,24)15-7-5-13(18)6-8-15/h3-9,16H,10H2,1-2H3,(H,21,22)/t16-/m1/s1. The smallest absolute Gasteiger partial charge is 0.322 e. The van der Waals surface area contributed by atoms with E-state index in [1.807, 2.05) is 6.92 Å². The highest BCUT2D eigenvalue weighted by atomic mass is 35.5. The molecule has 2 aromatic rings. The van der Waals surface area contributed by atoms with E-state index in [0.717, 1.165) is 9.87 Å². The topological polar surface area (TPSA) is 74.7 Å². The van der Waals surface area contributed by atoms with E-state index >= 15 is 0 Å². The second-order valence-electron chi connectivity index (χ2n) is 5.60. The Balaban J connectivity index is 2.37. The number of aliphatic carboxylic acids is 1. The molecule has 0 heterocycles. The monoisotopic (exact) mass is 401 g/mol. The molecule has 0 aromatic heterocycles. The number of rotatable bonds is 6. The number of hydrogen-bond donors (Lipinski definition) is 1. The molecule has 8 heteroatoms. The van der Waals surface area contributed by atoms with E-state index in [0.29, 0.717) is 15.6 Å². The molecule has 0 fully saturated rings. The number of carboxylic acid groups (broad SMARTS) is 1. The minimum Gasteiger partial charge on any atom is -0.480 e. The Hall–Kier alpha value is -1.60. The number of halogens is 2. The third-order valence-corrected chi connectivity index (χ3v) is 6.31. The molecule has 1 N–H and O–H groups in total. The van der Waals surface area contributed by atoms with Crippen molar-refractivity contribution in [2.45, 2.75) is 24.3 Å². The number of hydrogen-bond acceptors (Lipinski definition) is 3. The summed E-state index contributed by atoms with van der Waals surface area (Å²) in [5.74, 6) is -1.24. The van der Waals surface area contributed by atoms with Gasteiger partial charge in [0.05, 0.1) is 4.90 Å². The number of sulfonamides is 1. The summed E-state index contributed by atoms with van der Waals surface area (Å²) in [6.07, 6.45) is 0.00501. The molecule has 2 aromatic carbocycles. The van der Waals surface area contributed by atoms with Gasteiger partial charge in [0.15, 0.2) is 0 Å². The Labute approximate surface area is 156 Å². The lowest BCUT2D eigenvalue weighted by atomic mass is 10.0. The van der Waals surface area contributed by atoms with E-state index in [4.69, 9.17) is 23.2 Å². The molecule has 0 saturated heterocycles. The molecule has 1 atom stereocenters. The van der Waals surface area contributed by atoms with Crippen LogP contribution < -0.4 is 0 Å². The van der Waals surface area contributed by atoms with Crippen LogP contribution in [0.4, 0.5) is 0 Å². The molecule has 2 rings (SSSR count). The summed E-state index contributed by atoms with van der Waals surface area (Å²) in [5.41, 5.74) is 1.52. The highest BCUT2D eigenvalue weighted by Gasteiger charge is 2.33. The second-order valence-corrected chi connectivity index (χ2v) is 8.47. The van der Waals surface area contributed by atoms with Crippen LogP contribution >= 0.6 is 23.2 Å². The zero-order valence-electron chi connectivity index (χ0n) is 13.6. The summed E-state index contributed by atoms with van der Waals surface area (Å²) >= 11 is 11.7. The molecule has 0 amide bonds. The zero-order chi connectivity index (χ0) is 18.8. The predicted octanol–water partition coefficient (Wildman–Crippen LogP) is 3.62. The van der Waals surface area contributed by atoms with Crippen molar-refractivity contribution < 1.29 is 18.3 Å². The van der Waals surface area contributed by atoms with Crippen LogP contribution in [0.2, 0.25) is 10.0 Å². The number of likely N-dealkylation sites (N-methyl/N-ethyl adjacent to an activating group) is 1. The van der Waals surface area contributed by atoms with Crippen molar-refractivity contribution in [2.75, 3.05) is 7.05 Å².